The second kappa shape index (κ2) is 12.8. The summed E-state index contributed by atoms with van der Waals surface area (Å²) in [5, 5.41) is 20.0. The molecule has 1 aliphatic rings. The van der Waals surface area contributed by atoms with Gasteiger partial charge in [-0.3, -0.25) is 19.2 Å². The van der Waals surface area contributed by atoms with Crippen molar-refractivity contribution in [3.05, 3.63) is 18.2 Å². The lowest BCUT2D eigenvalue weighted by Gasteiger charge is -2.24. The number of aliphatic carboxylic acids is 1. The fourth-order valence-corrected chi connectivity index (χ4v) is 3.42. The van der Waals surface area contributed by atoms with Crippen LogP contribution in [-0.2, 0) is 25.6 Å². The molecule has 0 aliphatic carbocycles. The summed E-state index contributed by atoms with van der Waals surface area (Å²) in [6.45, 7) is 2.51. The Labute approximate surface area is 186 Å². The first-order valence-electron chi connectivity index (χ1n) is 10.9. The van der Waals surface area contributed by atoms with Crippen LogP contribution in [0.3, 0.4) is 0 Å². The van der Waals surface area contributed by atoms with Gasteiger partial charge in [-0.05, 0) is 52.1 Å². The molecular formula is C20H33N7O5. The van der Waals surface area contributed by atoms with Gasteiger partial charge in [0, 0.05) is 18.3 Å². The maximum atomic E-state index is 13.1. The van der Waals surface area contributed by atoms with Gasteiger partial charge in [0.1, 0.15) is 18.1 Å². The highest BCUT2D eigenvalue weighted by Gasteiger charge is 2.31. The number of unbranched alkanes of at least 4 members (excludes halogenated alkanes) is 1. The minimum atomic E-state index is -1.18. The summed E-state index contributed by atoms with van der Waals surface area (Å²) in [5.41, 5.74) is 6.17. The lowest BCUT2D eigenvalue weighted by molar-refractivity contribution is -0.141. The van der Waals surface area contributed by atoms with Crippen molar-refractivity contribution in [1.82, 2.24) is 31.2 Å². The van der Waals surface area contributed by atoms with Crippen molar-refractivity contribution >= 4 is 23.7 Å². The van der Waals surface area contributed by atoms with Crippen molar-refractivity contribution in [2.24, 2.45) is 5.73 Å². The van der Waals surface area contributed by atoms with Crippen LogP contribution in [0.2, 0.25) is 0 Å². The molecule has 2 rings (SSSR count). The second-order valence-electron chi connectivity index (χ2n) is 7.91. The van der Waals surface area contributed by atoms with E-state index in [0.717, 1.165) is 13.0 Å². The number of aromatic nitrogens is 2. The average molecular weight is 452 g/mol. The van der Waals surface area contributed by atoms with Gasteiger partial charge in [-0.15, -0.1) is 0 Å². The lowest BCUT2D eigenvalue weighted by Crippen LogP contribution is -2.57. The second-order valence-corrected chi connectivity index (χ2v) is 7.91. The Bertz CT molecular complexity index is 764. The number of carboxylic acids is 1. The number of nitrogens with one attached hydrogen (secondary N) is 5. The van der Waals surface area contributed by atoms with Crippen molar-refractivity contribution in [3.8, 4) is 0 Å². The van der Waals surface area contributed by atoms with Gasteiger partial charge in [0.2, 0.25) is 17.7 Å². The summed E-state index contributed by atoms with van der Waals surface area (Å²) in [7, 11) is 0. The number of hydrogen-bond acceptors (Lipinski definition) is 7. The molecule has 0 saturated carbocycles. The molecule has 1 fully saturated rings. The van der Waals surface area contributed by atoms with Crippen LogP contribution in [0, 0.1) is 0 Å². The summed E-state index contributed by atoms with van der Waals surface area (Å²) < 4.78 is 0. The number of amides is 3. The predicted molar refractivity (Wildman–Crippen MR) is 115 cm³/mol. The van der Waals surface area contributed by atoms with Crippen LogP contribution < -0.4 is 27.0 Å². The molecule has 1 aliphatic heterocycles. The highest BCUT2D eigenvalue weighted by atomic mass is 16.4. The number of rotatable bonds is 13. The SMILES string of the molecule is CC(NC(=O)C(CCCCN)NC(=O)C(Cc1cnc[nH]1)NC(=O)C1CCCN1)C(=O)O. The number of carboxylic acid groups (broad SMARTS) is 1. The number of nitrogens with two attached hydrogens (primary N) is 1. The Kier molecular flexibility index (Phi) is 10.1. The first-order valence-corrected chi connectivity index (χ1v) is 10.9. The van der Waals surface area contributed by atoms with Crippen LogP contribution in [0.4, 0.5) is 0 Å². The Morgan fingerprint density at radius 1 is 1.19 bits per heavy atom. The van der Waals surface area contributed by atoms with Gasteiger partial charge in [0.05, 0.1) is 12.4 Å². The standard InChI is InChI=1S/C20H33N7O5/c1-12(20(31)32)25-18(29)15(5-2-3-7-21)26-19(30)16(9-13-10-22-11-24-13)27-17(28)14-6-4-8-23-14/h10-12,14-16,23H,2-9,21H2,1H3,(H,22,24)(H,25,29)(H,26,30)(H,27,28)(H,31,32). The summed E-state index contributed by atoms with van der Waals surface area (Å²) in [4.78, 5) is 56.2. The summed E-state index contributed by atoms with van der Waals surface area (Å²) in [6, 6.07) is -3.37. The van der Waals surface area contributed by atoms with Gasteiger partial charge in [0.25, 0.3) is 0 Å². The van der Waals surface area contributed by atoms with Gasteiger partial charge in [-0.2, -0.15) is 0 Å². The summed E-state index contributed by atoms with van der Waals surface area (Å²) in [5.74, 6) is -2.61. The smallest absolute Gasteiger partial charge is 0.325 e. The summed E-state index contributed by atoms with van der Waals surface area (Å²) in [6.07, 6.45) is 6.25. The first-order chi connectivity index (χ1) is 15.3. The van der Waals surface area contributed by atoms with Crippen molar-refractivity contribution in [3.63, 3.8) is 0 Å². The molecule has 0 aromatic carbocycles. The third-order valence-corrected chi connectivity index (χ3v) is 5.30. The first kappa shape index (κ1) is 25.3. The molecule has 12 nitrogen and oxygen atoms in total. The van der Waals surface area contributed by atoms with Gasteiger partial charge < -0.3 is 37.1 Å². The van der Waals surface area contributed by atoms with Gasteiger partial charge >= 0.3 is 5.97 Å². The highest BCUT2D eigenvalue weighted by Crippen LogP contribution is 2.08. The van der Waals surface area contributed by atoms with E-state index in [-0.39, 0.29) is 24.8 Å². The molecule has 32 heavy (non-hydrogen) atoms. The zero-order chi connectivity index (χ0) is 23.5. The molecule has 0 spiro atoms. The van der Waals surface area contributed by atoms with E-state index >= 15 is 0 Å². The monoisotopic (exact) mass is 451 g/mol. The number of carbonyl (C=O) groups excluding carboxylic acids is 3. The minimum Gasteiger partial charge on any atom is -0.480 e. The molecule has 4 unspecified atom stereocenters. The van der Waals surface area contributed by atoms with Crippen LogP contribution in [0.15, 0.2) is 12.5 Å². The van der Waals surface area contributed by atoms with E-state index in [1.54, 1.807) is 6.20 Å². The molecule has 1 aromatic heterocycles. The fraction of sp³-hybridized carbons (Fsp3) is 0.650. The van der Waals surface area contributed by atoms with E-state index in [0.29, 0.717) is 31.5 Å². The number of H-pyrrole nitrogens is 1. The molecule has 3 amide bonds. The van der Waals surface area contributed by atoms with Crippen molar-refractivity contribution in [2.75, 3.05) is 13.1 Å². The third kappa shape index (κ3) is 7.93. The number of nitrogens with zero attached hydrogens (tertiary/aromatic N) is 1. The largest absolute Gasteiger partial charge is 0.480 e. The number of imidazole rings is 1. The van der Waals surface area contributed by atoms with Crippen LogP contribution in [0.5, 0.6) is 0 Å². The number of carbonyl (C=O) groups is 4. The quantitative estimate of drug-likeness (QED) is 0.174. The molecule has 2 heterocycles. The van der Waals surface area contributed by atoms with Crippen molar-refractivity contribution in [1.29, 1.82) is 0 Å². The zero-order valence-corrected chi connectivity index (χ0v) is 18.2. The van der Waals surface area contributed by atoms with E-state index in [1.807, 2.05) is 0 Å². The van der Waals surface area contributed by atoms with Crippen LogP contribution in [0.25, 0.3) is 0 Å². The zero-order valence-electron chi connectivity index (χ0n) is 18.2. The van der Waals surface area contributed by atoms with E-state index in [4.69, 9.17) is 10.8 Å². The molecule has 1 saturated heterocycles. The maximum absolute atomic E-state index is 13.1. The Hall–Kier alpha value is -2.99. The molecule has 4 atom stereocenters. The topological polar surface area (TPSA) is 191 Å². The molecule has 0 bridgehead atoms. The number of hydrogen-bond donors (Lipinski definition) is 7. The van der Waals surface area contributed by atoms with Crippen molar-refractivity contribution in [2.45, 2.75) is 69.6 Å². The Morgan fingerprint density at radius 3 is 2.53 bits per heavy atom. The van der Waals surface area contributed by atoms with Crippen LogP contribution >= 0.6 is 0 Å². The van der Waals surface area contributed by atoms with Crippen LogP contribution in [0.1, 0.15) is 44.7 Å². The third-order valence-electron chi connectivity index (χ3n) is 5.30. The molecule has 0 radical (unpaired) electrons. The van der Waals surface area contributed by atoms with Crippen LogP contribution in [-0.4, -0.2) is 76.0 Å². The van der Waals surface area contributed by atoms with E-state index in [1.165, 1.54) is 13.3 Å². The van der Waals surface area contributed by atoms with Crippen molar-refractivity contribution < 1.29 is 24.3 Å². The predicted octanol–water partition coefficient (Wildman–Crippen LogP) is -1.61. The highest BCUT2D eigenvalue weighted by molar-refractivity contribution is 5.94. The Balaban J connectivity index is 2.10. The van der Waals surface area contributed by atoms with E-state index in [9.17, 15) is 19.2 Å². The minimum absolute atomic E-state index is 0.160. The lowest BCUT2D eigenvalue weighted by atomic mass is 10.1. The number of aromatic amines is 1. The maximum Gasteiger partial charge on any atom is 0.325 e. The van der Waals surface area contributed by atoms with E-state index < -0.39 is 35.9 Å². The van der Waals surface area contributed by atoms with Gasteiger partial charge in [-0.25, -0.2) is 4.98 Å². The van der Waals surface area contributed by atoms with E-state index in [2.05, 4.69) is 31.2 Å². The fourth-order valence-electron chi connectivity index (χ4n) is 3.42. The van der Waals surface area contributed by atoms with Gasteiger partial charge in [-0.1, -0.05) is 0 Å². The Morgan fingerprint density at radius 2 is 1.94 bits per heavy atom. The average Bonchev–Trinajstić information content (AvgIpc) is 3.46. The molecule has 8 N–H and O–H groups in total. The molecular weight excluding hydrogens is 418 g/mol. The molecule has 12 heteroatoms. The normalized spacial score (nSPS) is 18.4. The molecule has 1 aromatic rings. The summed E-state index contributed by atoms with van der Waals surface area (Å²) >= 11 is 0. The van der Waals surface area contributed by atoms with Gasteiger partial charge in [0.15, 0.2) is 0 Å². The molecule has 178 valence electrons.